The Labute approximate surface area is 120 Å². The molecule has 0 aliphatic rings. The maximum Gasteiger partial charge on any atom is 0.156 e. The SMILES string of the molecule is CNc1nnc(-c2cc(F)ccc2Cl)c2ccccc12. The zero-order valence-corrected chi connectivity index (χ0v) is 11.4. The van der Waals surface area contributed by atoms with E-state index in [-0.39, 0.29) is 5.82 Å². The van der Waals surface area contributed by atoms with E-state index < -0.39 is 0 Å². The van der Waals surface area contributed by atoms with E-state index in [0.29, 0.717) is 22.1 Å². The lowest BCUT2D eigenvalue weighted by molar-refractivity contribution is 0.628. The van der Waals surface area contributed by atoms with Crippen LogP contribution < -0.4 is 5.32 Å². The Morgan fingerprint density at radius 1 is 1.05 bits per heavy atom. The molecule has 0 bridgehead atoms. The second-order valence-electron chi connectivity index (χ2n) is 4.32. The molecule has 0 amide bonds. The lowest BCUT2D eigenvalue weighted by atomic mass is 10.0. The molecule has 1 N–H and O–H groups in total. The molecule has 5 heteroatoms. The largest absolute Gasteiger partial charge is 0.371 e. The third-order valence-electron chi connectivity index (χ3n) is 3.11. The van der Waals surface area contributed by atoms with Crippen molar-refractivity contribution in [3.63, 3.8) is 0 Å². The van der Waals surface area contributed by atoms with Crippen LogP contribution in [0.25, 0.3) is 22.0 Å². The number of nitrogens with zero attached hydrogens (tertiary/aromatic N) is 2. The maximum absolute atomic E-state index is 13.5. The average Bonchev–Trinajstić information content (AvgIpc) is 2.49. The molecule has 0 fully saturated rings. The van der Waals surface area contributed by atoms with Gasteiger partial charge < -0.3 is 5.32 Å². The van der Waals surface area contributed by atoms with E-state index in [9.17, 15) is 4.39 Å². The second kappa shape index (κ2) is 5.06. The number of nitrogens with one attached hydrogen (secondary N) is 1. The van der Waals surface area contributed by atoms with Crippen LogP contribution in [0.3, 0.4) is 0 Å². The molecule has 0 radical (unpaired) electrons. The van der Waals surface area contributed by atoms with Gasteiger partial charge in [0, 0.05) is 23.4 Å². The smallest absolute Gasteiger partial charge is 0.156 e. The summed E-state index contributed by atoms with van der Waals surface area (Å²) in [7, 11) is 1.78. The van der Waals surface area contributed by atoms with Crippen LogP contribution >= 0.6 is 11.6 Å². The first-order valence-electron chi connectivity index (χ1n) is 6.09. The number of fused-ring (bicyclic) bond motifs is 1. The summed E-state index contributed by atoms with van der Waals surface area (Å²) >= 11 is 6.15. The first kappa shape index (κ1) is 12.8. The Bertz CT molecular complexity index is 789. The molecule has 0 aliphatic heterocycles. The molecule has 3 rings (SSSR count). The molecule has 0 saturated carbocycles. The van der Waals surface area contributed by atoms with Crippen LogP contribution in [0, 0.1) is 5.82 Å². The molecule has 1 aromatic heterocycles. The normalized spacial score (nSPS) is 10.8. The van der Waals surface area contributed by atoms with Gasteiger partial charge in [0.2, 0.25) is 0 Å². The van der Waals surface area contributed by atoms with Crippen LogP contribution in [-0.2, 0) is 0 Å². The van der Waals surface area contributed by atoms with E-state index in [1.807, 2.05) is 24.3 Å². The highest BCUT2D eigenvalue weighted by atomic mass is 35.5. The van der Waals surface area contributed by atoms with Gasteiger partial charge in [-0.3, -0.25) is 0 Å². The van der Waals surface area contributed by atoms with Crippen molar-refractivity contribution < 1.29 is 4.39 Å². The summed E-state index contributed by atoms with van der Waals surface area (Å²) in [6, 6.07) is 11.9. The number of halogens is 2. The molecule has 0 unspecified atom stereocenters. The van der Waals surface area contributed by atoms with Crippen molar-refractivity contribution in [3.8, 4) is 11.3 Å². The number of aromatic nitrogens is 2. The van der Waals surface area contributed by atoms with E-state index in [1.165, 1.54) is 18.2 Å². The Morgan fingerprint density at radius 3 is 2.55 bits per heavy atom. The van der Waals surface area contributed by atoms with Crippen LogP contribution in [0.2, 0.25) is 5.02 Å². The fraction of sp³-hybridized carbons (Fsp3) is 0.0667. The highest BCUT2D eigenvalue weighted by Gasteiger charge is 2.13. The van der Waals surface area contributed by atoms with Gasteiger partial charge in [-0.2, -0.15) is 0 Å². The Kier molecular flexibility index (Phi) is 3.24. The van der Waals surface area contributed by atoms with Crippen molar-refractivity contribution in [1.29, 1.82) is 0 Å². The summed E-state index contributed by atoms with van der Waals surface area (Å²) in [6.07, 6.45) is 0. The molecular weight excluding hydrogens is 277 g/mol. The zero-order valence-electron chi connectivity index (χ0n) is 10.7. The minimum absolute atomic E-state index is 0.354. The first-order chi connectivity index (χ1) is 9.70. The fourth-order valence-corrected chi connectivity index (χ4v) is 2.37. The number of hydrogen-bond donors (Lipinski definition) is 1. The molecule has 2 aromatic carbocycles. The number of hydrogen-bond acceptors (Lipinski definition) is 3. The van der Waals surface area contributed by atoms with Crippen molar-refractivity contribution in [2.75, 3.05) is 12.4 Å². The third-order valence-corrected chi connectivity index (χ3v) is 3.44. The van der Waals surface area contributed by atoms with Gasteiger partial charge in [-0.15, -0.1) is 10.2 Å². The highest BCUT2D eigenvalue weighted by molar-refractivity contribution is 6.33. The van der Waals surface area contributed by atoms with Crippen LogP contribution in [0.15, 0.2) is 42.5 Å². The zero-order chi connectivity index (χ0) is 14.1. The number of rotatable bonds is 2. The summed E-state index contributed by atoms with van der Waals surface area (Å²) in [5.74, 6) is 0.324. The summed E-state index contributed by atoms with van der Waals surface area (Å²) < 4.78 is 13.5. The fourth-order valence-electron chi connectivity index (χ4n) is 2.17. The van der Waals surface area contributed by atoms with Crippen LogP contribution in [0.5, 0.6) is 0 Å². The quantitative estimate of drug-likeness (QED) is 0.770. The first-order valence-corrected chi connectivity index (χ1v) is 6.47. The Morgan fingerprint density at radius 2 is 1.80 bits per heavy atom. The molecular formula is C15H11ClFN3. The van der Waals surface area contributed by atoms with E-state index in [2.05, 4.69) is 15.5 Å². The van der Waals surface area contributed by atoms with E-state index in [4.69, 9.17) is 11.6 Å². The molecule has 0 atom stereocenters. The monoisotopic (exact) mass is 287 g/mol. The van der Waals surface area contributed by atoms with Gasteiger partial charge in [0.05, 0.1) is 5.02 Å². The molecule has 0 saturated heterocycles. The van der Waals surface area contributed by atoms with Crippen molar-refractivity contribution in [2.24, 2.45) is 0 Å². The second-order valence-corrected chi connectivity index (χ2v) is 4.72. The maximum atomic E-state index is 13.5. The average molecular weight is 288 g/mol. The molecule has 0 aliphatic carbocycles. The van der Waals surface area contributed by atoms with Gasteiger partial charge in [-0.1, -0.05) is 35.9 Å². The molecule has 3 aromatic rings. The molecule has 100 valence electrons. The van der Waals surface area contributed by atoms with Gasteiger partial charge in [0.25, 0.3) is 0 Å². The van der Waals surface area contributed by atoms with E-state index in [0.717, 1.165) is 10.8 Å². The van der Waals surface area contributed by atoms with Gasteiger partial charge in [0.15, 0.2) is 5.82 Å². The predicted octanol–water partition coefficient (Wildman–Crippen LogP) is 4.13. The summed E-state index contributed by atoms with van der Waals surface area (Å²) in [6.45, 7) is 0. The molecule has 20 heavy (non-hydrogen) atoms. The van der Waals surface area contributed by atoms with E-state index >= 15 is 0 Å². The van der Waals surface area contributed by atoms with Crippen LogP contribution in [0.1, 0.15) is 0 Å². The van der Waals surface area contributed by atoms with E-state index in [1.54, 1.807) is 7.05 Å². The minimum atomic E-state index is -0.354. The summed E-state index contributed by atoms with van der Waals surface area (Å²) in [5.41, 5.74) is 1.11. The third kappa shape index (κ3) is 2.08. The molecule has 3 nitrogen and oxygen atoms in total. The van der Waals surface area contributed by atoms with Crippen LogP contribution in [0.4, 0.5) is 10.2 Å². The van der Waals surface area contributed by atoms with Crippen molar-refractivity contribution in [1.82, 2.24) is 10.2 Å². The Balaban J connectivity index is 2.35. The predicted molar refractivity (Wildman–Crippen MR) is 79.5 cm³/mol. The summed E-state index contributed by atoms with van der Waals surface area (Å²) in [5, 5.41) is 13.5. The lowest BCUT2D eigenvalue weighted by Gasteiger charge is -2.10. The molecule has 0 spiro atoms. The highest BCUT2D eigenvalue weighted by Crippen LogP contribution is 2.33. The van der Waals surface area contributed by atoms with Gasteiger partial charge in [0.1, 0.15) is 11.5 Å². The summed E-state index contributed by atoms with van der Waals surface area (Å²) in [4.78, 5) is 0. The lowest BCUT2D eigenvalue weighted by Crippen LogP contribution is -1.98. The number of anilines is 1. The van der Waals surface area contributed by atoms with Gasteiger partial charge in [-0.25, -0.2) is 4.39 Å². The van der Waals surface area contributed by atoms with Crippen LogP contribution in [-0.4, -0.2) is 17.2 Å². The molecule has 1 heterocycles. The standard InChI is InChI=1S/C15H11ClFN3/c1-18-15-11-5-3-2-4-10(11)14(19-20-15)12-8-9(17)6-7-13(12)16/h2-8H,1H3,(H,18,20). The van der Waals surface area contributed by atoms with Crippen molar-refractivity contribution in [2.45, 2.75) is 0 Å². The van der Waals surface area contributed by atoms with Crippen molar-refractivity contribution >= 4 is 28.2 Å². The number of benzene rings is 2. The van der Waals surface area contributed by atoms with Gasteiger partial charge in [-0.05, 0) is 18.2 Å². The van der Waals surface area contributed by atoms with Gasteiger partial charge >= 0.3 is 0 Å². The van der Waals surface area contributed by atoms with Crippen molar-refractivity contribution in [3.05, 3.63) is 53.3 Å². The Hall–Kier alpha value is -2.20. The minimum Gasteiger partial charge on any atom is -0.371 e. The topological polar surface area (TPSA) is 37.8 Å².